The summed E-state index contributed by atoms with van der Waals surface area (Å²) in [6.07, 6.45) is 1.02. The summed E-state index contributed by atoms with van der Waals surface area (Å²) >= 11 is 5.16. The van der Waals surface area contributed by atoms with Crippen LogP contribution in [0.15, 0.2) is 60.7 Å². The fourth-order valence-corrected chi connectivity index (χ4v) is 2.94. The molecule has 1 atom stereocenters. The molecule has 4 heteroatoms. The number of benzene rings is 2. The van der Waals surface area contributed by atoms with Crippen LogP contribution in [0.2, 0.25) is 0 Å². The molecule has 3 nitrogen and oxygen atoms in total. The molecule has 0 radical (unpaired) electrons. The number of hydrogen-bond acceptors (Lipinski definition) is 1. The van der Waals surface area contributed by atoms with Crippen molar-refractivity contribution in [3.05, 3.63) is 71.8 Å². The Bertz CT molecular complexity index is 575. The lowest BCUT2D eigenvalue weighted by atomic mass is 9.97. The first-order chi connectivity index (χ1) is 10.3. The van der Waals surface area contributed by atoms with Crippen molar-refractivity contribution in [2.45, 2.75) is 12.5 Å². The quantitative estimate of drug-likeness (QED) is 0.742. The summed E-state index contributed by atoms with van der Waals surface area (Å²) < 4.78 is 0. The zero-order chi connectivity index (χ0) is 14.5. The monoisotopic (exact) mass is 298 g/mol. The van der Waals surface area contributed by atoms with Crippen LogP contribution in [0.5, 0.6) is 0 Å². The molecular weight excluding hydrogens is 278 g/mol. The normalized spacial score (nSPS) is 16.9. The Labute approximate surface area is 131 Å². The summed E-state index contributed by atoms with van der Waals surface area (Å²) in [5.41, 5.74) is 2.74. The molecule has 0 spiro atoms. The molecule has 2 aromatic rings. The maximum atomic E-state index is 5.16. The number of thiocarbonyl (C=S) groups is 1. The van der Waals surface area contributed by atoms with Crippen LogP contribution in [0.3, 0.4) is 0 Å². The fraction of sp³-hybridized carbons (Fsp3) is 0.235. The molecule has 3 N–H and O–H groups in total. The lowest BCUT2D eigenvalue weighted by molar-refractivity contribution is -0.937. The average molecular weight is 298 g/mol. The first-order valence-corrected chi connectivity index (χ1v) is 7.69. The number of quaternary nitrogens is 1. The first kappa shape index (κ1) is 14.0. The average Bonchev–Trinajstić information content (AvgIpc) is 2.55. The number of hydrogen-bond donors (Lipinski definition) is 3. The molecule has 0 bridgehead atoms. The molecule has 2 aromatic carbocycles. The van der Waals surface area contributed by atoms with Crippen molar-refractivity contribution in [2.75, 3.05) is 13.3 Å². The summed E-state index contributed by atoms with van der Waals surface area (Å²) in [7, 11) is 0. The van der Waals surface area contributed by atoms with Crippen LogP contribution < -0.4 is 15.5 Å². The van der Waals surface area contributed by atoms with E-state index in [1.54, 1.807) is 0 Å². The highest BCUT2D eigenvalue weighted by atomic mass is 32.1. The van der Waals surface area contributed by atoms with Crippen LogP contribution in [0, 0.1) is 0 Å². The standard InChI is InChI=1S/C17H19N3S/c21-17-18-12-20(13-19-17)16(15-9-5-2-6-10-15)11-14-7-3-1-4-8-14/h1-10,16H,11-13H2,(H2,18,19,21)/p+1/t16-/m0/s1. The molecule has 21 heavy (non-hydrogen) atoms. The third-order valence-corrected chi connectivity index (χ3v) is 4.22. The van der Waals surface area contributed by atoms with Crippen LogP contribution in [-0.2, 0) is 6.42 Å². The van der Waals surface area contributed by atoms with Gasteiger partial charge in [-0.05, 0) is 17.8 Å². The second-order valence-electron chi connectivity index (χ2n) is 5.35. The van der Waals surface area contributed by atoms with E-state index in [2.05, 4.69) is 71.3 Å². The molecule has 0 amide bonds. The zero-order valence-electron chi connectivity index (χ0n) is 11.9. The molecule has 108 valence electrons. The van der Waals surface area contributed by atoms with Crippen LogP contribution >= 0.6 is 12.2 Å². The Balaban J connectivity index is 1.83. The minimum Gasteiger partial charge on any atom is -0.316 e. The number of rotatable bonds is 4. The molecule has 0 saturated carbocycles. The van der Waals surface area contributed by atoms with Crippen molar-refractivity contribution in [3.8, 4) is 0 Å². The van der Waals surface area contributed by atoms with Gasteiger partial charge < -0.3 is 10.6 Å². The number of nitrogens with one attached hydrogen (secondary N) is 3. The van der Waals surface area contributed by atoms with E-state index in [0.717, 1.165) is 24.9 Å². The van der Waals surface area contributed by atoms with Crippen molar-refractivity contribution >= 4 is 17.3 Å². The van der Waals surface area contributed by atoms with Crippen molar-refractivity contribution in [3.63, 3.8) is 0 Å². The molecule has 0 unspecified atom stereocenters. The van der Waals surface area contributed by atoms with Gasteiger partial charge in [-0.2, -0.15) is 0 Å². The molecule has 3 rings (SSSR count). The van der Waals surface area contributed by atoms with Crippen molar-refractivity contribution in [1.82, 2.24) is 10.6 Å². The molecular formula is C17H20N3S+. The SMILES string of the molecule is S=C1NC[NH+]([C@@H](Cc2ccccc2)c2ccccc2)CN1. The summed E-state index contributed by atoms with van der Waals surface area (Å²) in [4.78, 5) is 1.46. The minimum atomic E-state index is 0.414. The summed E-state index contributed by atoms with van der Waals surface area (Å²) in [5, 5.41) is 7.26. The predicted octanol–water partition coefficient (Wildman–Crippen LogP) is 1.25. The van der Waals surface area contributed by atoms with Gasteiger partial charge in [0, 0.05) is 12.0 Å². The van der Waals surface area contributed by atoms with Gasteiger partial charge in [0.1, 0.15) is 6.04 Å². The molecule has 1 fully saturated rings. The maximum absolute atomic E-state index is 5.16. The van der Waals surface area contributed by atoms with E-state index < -0.39 is 0 Å². The summed E-state index contributed by atoms with van der Waals surface area (Å²) in [6.45, 7) is 1.72. The van der Waals surface area contributed by atoms with Gasteiger partial charge in [-0.25, -0.2) is 0 Å². The van der Waals surface area contributed by atoms with Gasteiger partial charge in [-0.3, -0.25) is 4.90 Å². The third kappa shape index (κ3) is 3.60. The fourth-order valence-electron chi connectivity index (χ4n) is 2.79. The third-order valence-electron chi connectivity index (χ3n) is 3.93. The molecule has 1 heterocycles. The Hall–Kier alpha value is -1.91. The van der Waals surface area contributed by atoms with Crippen LogP contribution in [0.25, 0.3) is 0 Å². The molecule has 0 aliphatic carbocycles. The molecule has 1 aliphatic rings. The van der Waals surface area contributed by atoms with E-state index in [9.17, 15) is 0 Å². The topological polar surface area (TPSA) is 28.5 Å². The van der Waals surface area contributed by atoms with Crippen LogP contribution in [0.4, 0.5) is 0 Å². The van der Waals surface area contributed by atoms with Gasteiger partial charge in [0.2, 0.25) is 0 Å². The summed E-state index contributed by atoms with van der Waals surface area (Å²) in [5.74, 6) is 0. The van der Waals surface area contributed by atoms with E-state index in [4.69, 9.17) is 12.2 Å². The molecule has 1 saturated heterocycles. The lowest BCUT2D eigenvalue weighted by Crippen LogP contribution is -3.17. The van der Waals surface area contributed by atoms with Crippen molar-refractivity contribution < 1.29 is 4.90 Å². The Morgan fingerprint density at radius 1 is 0.905 bits per heavy atom. The highest BCUT2D eigenvalue weighted by molar-refractivity contribution is 7.80. The van der Waals surface area contributed by atoms with Gasteiger partial charge in [0.05, 0.1) is 0 Å². The minimum absolute atomic E-state index is 0.414. The van der Waals surface area contributed by atoms with Crippen LogP contribution in [-0.4, -0.2) is 18.4 Å². The van der Waals surface area contributed by atoms with Gasteiger partial charge in [0.25, 0.3) is 0 Å². The van der Waals surface area contributed by atoms with Gasteiger partial charge in [0.15, 0.2) is 18.4 Å². The Morgan fingerprint density at radius 3 is 2.10 bits per heavy atom. The smallest absolute Gasteiger partial charge is 0.174 e. The van der Waals surface area contributed by atoms with Gasteiger partial charge >= 0.3 is 0 Å². The molecule has 1 aliphatic heterocycles. The van der Waals surface area contributed by atoms with Gasteiger partial charge in [-0.15, -0.1) is 0 Å². The van der Waals surface area contributed by atoms with Crippen molar-refractivity contribution in [2.24, 2.45) is 0 Å². The Kier molecular flexibility index (Phi) is 4.48. The second kappa shape index (κ2) is 6.70. The van der Waals surface area contributed by atoms with E-state index in [0.29, 0.717) is 6.04 Å². The first-order valence-electron chi connectivity index (χ1n) is 7.28. The van der Waals surface area contributed by atoms with E-state index in [-0.39, 0.29) is 0 Å². The maximum Gasteiger partial charge on any atom is 0.174 e. The highest BCUT2D eigenvalue weighted by Crippen LogP contribution is 2.15. The van der Waals surface area contributed by atoms with E-state index in [1.807, 2.05) is 0 Å². The van der Waals surface area contributed by atoms with Gasteiger partial charge in [-0.1, -0.05) is 60.7 Å². The van der Waals surface area contributed by atoms with E-state index >= 15 is 0 Å². The lowest BCUT2D eigenvalue weighted by Gasteiger charge is -2.33. The highest BCUT2D eigenvalue weighted by Gasteiger charge is 2.26. The largest absolute Gasteiger partial charge is 0.316 e. The zero-order valence-corrected chi connectivity index (χ0v) is 12.7. The second-order valence-corrected chi connectivity index (χ2v) is 5.76. The van der Waals surface area contributed by atoms with Crippen LogP contribution in [0.1, 0.15) is 17.2 Å². The molecule has 0 aromatic heterocycles. The van der Waals surface area contributed by atoms with Crippen molar-refractivity contribution in [1.29, 1.82) is 0 Å². The Morgan fingerprint density at radius 2 is 1.48 bits per heavy atom. The predicted molar refractivity (Wildman–Crippen MR) is 88.9 cm³/mol. The van der Waals surface area contributed by atoms with E-state index in [1.165, 1.54) is 16.0 Å². The summed E-state index contributed by atoms with van der Waals surface area (Å²) in [6, 6.07) is 21.8.